The number of hydrogen-bond donors (Lipinski definition) is 0. The van der Waals surface area contributed by atoms with Gasteiger partial charge in [0.25, 0.3) is 0 Å². The number of hydrogen-bond acceptors (Lipinski definition) is 4. The lowest BCUT2D eigenvalue weighted by Crippen LogP contribution is -2.46. The summed E-state index contributed by atoms with van der Waals surface area (Å²) in [6, 6.07) is 0.559. The van der Waals surface area contributed by atoms with Crippen LogP contribution in [0.3, 0.4) is 0 Å². The molecule has 1 heterocycles. The Hall–Kier alpha value is 0.230. The Bertz CT molecular complexity index is 132. The van der Waals surface area contributed by atoms with Crippen LogP contribution >= 0.6 is 11.9 Å². The molecule has 1 aliphatic heterocycles. The maximum absolute atomic E-state index is 5.43. The molecule has 72 valence electrons. The van der Waals surface area contributed by atoms with E-state index in [1.165, 1.54) is 0 Å². The van der Waals surface area contributed by atoms with Crippen molar-refractivity contribution in [1.29, 1.82) is 0 Å². The Labute approximate surface area is 79.2 Å². The zero-order valence-corrected chi connectivity index (χ0v) is 8.93. The molecule has 1 fully saturated rings. The summed E-state index contributed by atoms with van der Waals surface area (Å²) in [5.74, 6) is 0. The van der Waals surface area contributed by atoms with Gasteiger partial charge in [-0.1, -0.05) is 11.9 Å². The van der Waals surface area contributed by atoms with Crippen molar-refractivity contribution in [3.05, 3.63) is 0 Å². The smallest absolute Gasteiger partial charge is 0.0644 e. The van der Waals surface area contributed by atoms with E-state index in [0.717, 1.165) is 26.3 Å². The van der Waals surface area contributed by atoms with Crippen LogP contribution in [-0.2, 0) is 4.74 Å². The van der Waals surface area contributed by atoms with E-state index in [0.29, 0.717) is 6.04 Å². The molecule has 0 aromatic heterocycles. The van der Waals surface area contributed by atoms with E-state index in [1.54, 1.807) is 0 Å². The molecule has 0 bridgehead atoms. The molecule has 0 amide bonds. The standard InChI is InChI=1S/C8H18N2OS/c1-9(2)6-8-7-11-5-4-10(8)12-3/h8H,4-7H2,1-3H3. The Morgan fingerprint density at radius 1 is 1.58 bits per heavy atom. The van der Waals surface area contributed by atoms with Crippen molar-refractivity contribution >= 4 is 11.9 Å². The fourth-order valence-corrected chi connectivity index (χ4v) is 2.13. The molecule has 0 aliphatic carbocycles. The SMILES string of the molecule is CSN1CCOCC1CN(C)C. The first-order chi connectivity index (χ1) is 5.74. The Morgan fingerprint density at radius 3 is 2.92 bits per heavy atom. The second-order valence-electron chi connectivity index (χ2n) is 3.31. The third kappa shape index (κ3) is 2.94. The van der Waals surface area contributed by atoms with Crippen molar-refractivity contribution in [2.75, 3.05) is 46.7 Å². The van der Waals surface area contributed by atoms with Gasteiger partial charge in [-0.05, 0) is 20.4 Å². The molecule has 0 N–H and O–H groups in total. The normalized spacial score (nSPS) is 26.5. The highest BCUT2D eigenvalue weighted by atomic mass is 32.2. The number of nitrogens with zero attached hydrogens (tertiary/aromatic N) is 2. The first kappa shape index (κ1) is 10.3. The molecule has 1 rings (SSSR count). The summed E-state index contributed by atoms with van der Waals surface area (Å²) >= 11 is 1.82. The first-order valence-corrected chi connectivity index (χ1v) is 5.45. The molecule has 12 heavy (non-hydrogen) atoms. The van der Waals surface area contributed by atoms with Crippen LogP contribution in [0.1, 0.15) is 0 Å². The van der Waals surface area contributed by atoms with Gasteiger partial charge >= 0.3 is 0 Å². The predicted octanol–water partition coefficient (Wildman–Crippen LogP) is 0.527. The molecule has 1 saturated heterocycles. The third-order valence-electron chi connectivity index (χ3n) is 1.98. The summed E-state index contributed by atoms with van der Waals surface area (Å²) in [6.45, 7) is 3.89. The maximum atomic E-state index is 5.43. The van der Waals surface area contributed by atoms with Gasteiger partial charge in [-0.25, -0.2) is 4.31 Å². The van der Waals surface area contributed by atoms with E-state index in [2.05, 4.69) is 29.6 Å². The van der Waals surface area contributed by atoms with Crippen molar-refractivity contribution in [3.63, 3.8) is 0 Å². The quantitative estimate of drug-likeness (QED) is 0.603. The van der Waals surface area contributed by atoms with Crippen LogP contribution in [0, 0.1) is 0 Å². The lowest BCUT2D eigenvalue weighted by molar-refractivity contribution is 0.0287. The number of ether oxygens (including phenoxy) is 1. The second kappa shape index (κ2) is 5.07. The predicted molar refractivity (Wildman–Crippen MR) is 53.4 cm³/mol. The van der Waals surface area contributed by atoms with Gasteiger partial charge in [0.05, 0.1) is 19.3 Å². The minimum atomic E-state index is 0.559. The monoisotopic (exact) mass is 190 g/mol. The van der Waals surface area contributed by atoms with Gasteiger partial charge in [-0.15, -0.1) is 0 Å². The molecule has 0 spiro atoms. The Balaban J connectivity index is 2.36. The summed E-state index contributed by atoms with van der Waals surface area (Å²) in [7, 11) is 4.21. The van der Waals surface area contributed by atoms with Crippen LogP contribution in [0.2, 0.25) is 0 Å². The van der Waals surface area contributed by atoms with E-state index < -0.39 is 0 Å². The van der Waals surface area contributed by atoms with Gasteiger partial charge in [-0.2, -0.15) is 0 Å². The van der Waals surface area contributed by atoms with E-state index in [-0.39, 0.29) is 0 Å². The van der Waals surface area contributed by atoms with Crippen molar-refractivity contribution < 1.29 is 4.74 Å². The van der Waals surface area contributed by atoms with Crippen LogP contribution < -0.4 is 0 Å². The van der Waals surface area contributed by atoms with Gasteiger partial charge in [0.1, 0.15) is 0 Å². The van der Waals surface area contributed by atoms with Crippen LogP contribution in [0.25, 0.3) is 0 Å². The van der Waals surface area contributed by atoms with Crippen molar-refractivity contribution in [2.45, 2.75) is 6.04 Å². The number of likely N-dealkylation sites (N-methyl/N-ethyl adjacent to an activating group) is 1. The minimum absolute atomic E-state index is 0.559. The van der Waals surface area contributed by atoms with E-state index >= 15 is 0 Å². The molecular weight excluding hydrogens is 172 g/mol. The van der Waals surface area contributed by atoms with Crippen LogP contribution in [0.15, 0.2) is 0 Å². The van der Waals surface area contributed by atoms with Crippen LogP contribution in [0.5, 0.6) is 0 Å². The average molecular weight is 190 g/mol. The fraction of sp³-hybridized carbons (Fsp3) is 1.00. The Morgan fingerprint density at radius 2 is 2.33 bits per heavy atom. The summed E-state index contributed by atoms with van der Waals surface area (Å²) in [5, 5.41) is 0. The van der Waals surface area contributed by atoms with Gasteiger partial charge < -0.3 is 9.64 Å². The molecular formula is C8H18N2OS. The largest absolute Gasteiger partial charge is 0.378 e. The van der Waals surface area contributed by atoms with Gasteiger partial charge in [0.2, 0.25) is 0 Å². The molecule has 0 aromatic rings. The molecule has 1 aliphatic rings. The molecule has 0 radical (unpaired) electrons. The molecule has 1 unspecified atom stereocenters. The highest BCUT2D eigenvalue weighted by Gasteiger charge is 2.22. The van der Waals surface area contributed by atoms with E-state index in [4.69, 9.17) is 4.74 Å². The zero-order valence-electron chi connectivity index (χ0n) is 8.12. The fourth-order valence-electron chi connectivity index (χ4n) is 1.45. The highest BCUT2D eigenvalue weighted by Crippen LogP contribution is 2.15. The zero-order chi connectivity index (χ0) is 8.97. The summed E-state index contributed by atoms with van der Waals surface area (Å²) in [4.78, 5) is 2.21. The van der Waals surface area contributed by atoms with Gasteiger partial charge in [0.15, 0.2) is 0 Å². The topological polar surface area (TPSA) is 15.7 Å². The van der Waals surface area contributed by atoms with E-state index in [1.807, 2.05) is 11.9 Å². The van der Waals surface area contributed by atoms with E-state index in [9.17, 15) is 0 Å². The van der Waals surface area contributed by atoms with Gasteiger partial charge in [-0.3, -0.25) is 0 Å². The maximum Gasteiger partial charge on any atom is 0.0644 e. The molecule has 0 saturated carbocycles. The molecule has 4 heteroatoms. The average Bonchev–Trinajstić information content (AvgIpc) is 2.04. The van der Waals surface area contributed by atoms with Crippen molar-refractivity contribution in [1.82, 2.24) is 9.21 Å². The highest BCUT2D eigenvalue weighted by molar-refractivity contribution is 7.96. The summed E-state index contributed by atoms with van der Waals surface area (Å²) < 4.78 is 7.84. The lowest BCUT2D eigenvalue weighted by atomic mass is 10.2. The van der Waals surface area contributed by atoms with Crippen molar-refractivity contribution in [3.8, 4) is 0 Å². The molecule has 3 nitrogen and oxygen atoms in total. The Kier molecular flexibility index (Phi) is 4.35. The van der Waals surface area contributed by atoms with Gasteiger partial charge in [0, 0.05) is 13.1 Å². The molecule has 1 atom stereocenters. The number of rotatable bonds is 3. The number of morpholine rings is 1. The summed E-state index contributed by atoms with van der Waals surface area (Å²) in [6.07, 6.45) is 2.13. The van der Waals surface area contributed by atoms with Crippen molar-refractivity contribution in [2.24, 2.45) is 0 Å². The first-order valence-electron chi connectivity index (χ1n) is 4.27. The minimum Gasteiger partial charge on any atom is -0.378 e. The van der Waals surface area contributed by atoms with Crippen LogP contribution in [0.4, 0.5) is 0 Å². The molecule has 0 aromatic carbocycles. The lowest BCUT2D eigenvalue weighted by Gasteiger charge is -2.35. The summed E-state index contributed by atoms with van der Waals surface area (Å²) in [5.41, 5.74) is 0. The second-order valence-corrected chi connectivity index (χ2v) is 4.15. The third-order valence-corrected chi connectivity index (χ3v) is 2.93. The van der Waals surface area contributed by atoms with Crippen LogP contribution in [-0.4, -0.2) is 61.9 Å².